The van der Waals surface area contributed by atoms with Crippen LogP contribution in [0.5, 0.6) is 0 Å². The highest BCUT2D eigenvalue weighted by molar-refractivity contribution is 7.65. The molecule has 0 saturated heterocycles. The van der Waals surface area contributed by atoms with Crippen LogP contribution < -0.4 is 0 Å². The average Bonchev–Trinajstić information content (AvgIpc) is 2.40. The molecular weight excluding hydrogens is 464 g/mol. The van der Waals surface area contributed by atoms with E-state index in [1.807, 2.05) is 0 Å². The Hall–Kier alpha value is 0.654. The van der Waals surface area contributed by atoms with Crippen molar-refractivity contribution in [3.63, 3.8) is 0 Å². The fourth-order valence-corrected chi connectivity index (χ4v) is 41.8. The van der Waals surface area contributed by atoms with Crippen molar-refractivity contribution in [1.82, 2.24) is 8.00 Å². The van der Waals surface area contributed by atoms with Crippen molar-refractivity contribution in [1.29, 1.82) is 0 Å². The normalized spacial score (nSPS) is 15.9. The molecule has 1 unspecified atom stereocenters. The third kappa shape index (κ3) is 7.34. The van der Waals surface area contributed by atoms with Crippen LogP contribution in [0.4, 0.5) is 0 Å². The average molecular weight is 515 g/mol. The maximum absolute atomic E-state index is 3.22. The van der Waals surface area contributed by atoms with E-state index in [0.717, 1.165) is 0 Å². The molecule has 1 aromatic carbocycles. The molecule has 0 aromatic heterocycles. The Balaban J connectivity index is 4.05. The topological polar surface area (TPSA) is 6.48 Å². The monoisotopic (exact) mass is 514 g/mol. The zero-order chi connectivity index (χ0) is 23.9. The third-order valence-electron chi connectivity index (χ3n) is 5.12. The number of hydrogen-bond donors (Lipinski definition) is 0. The molecule has 0 heterocycles. The largest absolute Gasteiger partial charge is 0.313 e. The molecule has 1 rings (SSSR count). The van der Waals surface area contributed by atoms with Gasteiger partial charge in [0.05, 0.1) is 8.07 Å². The van der Waals surface area contributed by atoms with Gasteiger partial charge >= 0.3 is 0 Å². The van der Waals surface area contributed by atoms with E-state index in [1.165, 1.54) is 0 Å². The fourth-order valence-electron chi connectivity index (χ4n) is 5.18. The molecule has 0 aliphatic heterocycles. The second-order valence-electron chi connectivity index (χ2n) is 13.8. The van der Waals surface area contributed by atoms with E-state index in [9.17, 15) is 0 Å². The van der Waals surface area contributed by atoms with Crippen LogP contribution in [0, 0.1) is 0 Å². The fraction of sp³-hybridized carbons (Fsp3) is 0.727. The first kappa shape index (κ1) is 28.7. The standard InChI is InChI=1S/C22H51N2PSi5/c1-26(2,3)22(21-19-17-16-18-20-21)25(23(27(4,5)6)28(7,8)9)24(29(10,11)12)30(13,14)15/h16-20,22H,1-15H3. The van der Waals surface area contributed by atoms with Crippen LogP contribution in [0.15, 0.2) is 30.3 Å². The van der Waals surface area contributed by atoms with Gasteiger partial charge in [-0.1, -0.05) is 129 Å². The molecule has 0 fully saturated rings. The molecule has 0 saturated carbocycles. The first-order valence-corrected chi connectivity index (χ1v) is 30.2. The molecular formula is C22H51N2PSi5. The number of benzene rings is 1. The van der Waals surface area contributed by atoms with E-state index in [2.05, 4.69) is 137 Å². The van der Waals surface area contributed by atoms with Crippen LogP contribution in [0.1, 0.15) is 10.8 Å². The van der Waals surface area contributed by atoms with Crippen LogP contribution in [-0.4, -0.2) is 49.0 Å². The van der Waals surface area contributed by atoms with Crippen LogP contribution in [0.2, 0.25) is 98.2 Å². The number of hydrogen-bond acceptors (Lipinski definition) is 2. The summed E-state index contributed by atoms with van der Waals surface area (Å²) in [5, 5.41) is 0.686. The first-order chi connectivity index (χ1) is 13.1. The van der Waals surface area contributed by atoms with Crippen molar-refractivity contribution in [3.8, 4) is 0 Å². The van der Waals surface area contributed by atoms with E-state index < -0.39 is 49.2 Å². The lowest BCUT2D eigenvalue weighted by atomic mass is 10.2. The molecule has 8 heteroatoms. The van der Waals surface area contributed by atoms with Gasteiger partial charge in [0.1, 0.15) is 32.9 Å². The molecule has 1 atom stereocenters. The lowest BCUT2D eigenvalue weighted by Crippen LogP contribution is -2.65. The van der Waals surface area contributed by atoms with Gasteiger partial charge in [0.2, 0.25) is 0 Å². The third-order valence-corrected chi connectivity index (χ3v) is 34.5. The zero-order valence-corrected chi connectivity index (χ0v) is 28.7. The molecule has 0 radical (unpaired) electrons. The van der Waals surface area contributed by atoms with Gasteiger partial charge in [-0.25, -0.2) is 0 Å². The molecule has 0 amide bonds. The van der Waals surface area contributed by atoms with Gasteiger partial charge in [-0.15, -0.1) is 0 Å². The number of nitrogens with zero attached hydrogens (tertiary/aromatic N) is 2. The summed E-state index contributed by atoms with van der Waals surface area (Å²) in [5.41, 5.74) is 1.60. The summed E-state index contributed by atoms with van der Waals surface area (Å²) < 4.78 is 6.45. The van der Waals surface area contributed by atoms with E-state index >= 15 is 0 Å². The maximum atomic E-state index is 3.22. The van der Waals surface area contributed by atoms with Crippen LogP contribution >= 0.6 is 8.22 Å². The van der Waals surface area contributed by atoms with E-state index in [1.54, 1.807) is 5.56 Å². The molecule has 2 nitrogen and oxygen atoms in total. The lowest BCUT2D eigenvalue weighted by molar-refractivity contribution is 0.840. The molecule has 0 spiro atoms. The van der Waals surface area contributed by atoms with Crippen molar-refractivity contribution in [2.45, 2.75) is 103 Å². The van der Waals surface area contributed by atoms with Crippen molar-refractivity contribution < 1.29 is 0 Å². The summed E-state index contributed by atoms with van der Waals surface area (Å²) in [5.74, 6) is 0. The van der Waals surface area contributed by atoms with Crippen molar-refractivity contribution in [2.24, 2.45) is 0 Å². The van der Waals surface area contributed by atoms with Crippen molar-refractivity contribution >= 4 is 49.2 Å². The molecule has 0 bridgehead atoms. The summed E-state index contributed by atoms with van der Waals surface area (Å²) in [6, 6.07) is 11.6. The minimum atomic E-state index is -1.53. The molecule has 174 valence electrons. The maximum Gasteiger partial charge on any atom is 0.117 e. The van der Waals surface area contributed by atoms with Gasteiger partial charge in [-0.2, -0.15) is 0 Å². The summed E-state index contributed by atoms with van der Waals surface area (Å²) in [7, 11) is -8.01. The van der Waals surface area contributed by atoms with Gasteiger partial charge in [-0.05, 0) is 5.56 Å². The van der Waals surface area contributed by atoms with Crippen molar-refractivity contribution in [2.75, 3.05) is 0 Å². The molecule has 0 aliphatic rings. The summed E-state index contributed by atoms with van der Waals surface area (Å²) in [6.45, 7) is 39.2. The van der Waals surface area contributed by atoms with Crippen LogP contribution in [0.3, 0.4) is 0 Å². The lowest BCUT2D eigenvalue weighted by Gasteiger charge is -2.62. The minimum Gasteiger partial charge on any atom is -0.313 e. The zero-order valence-electron chi connectivity index (χ0n) is 22.8. The number of rotatable bonds is 9. The predicted octanol–water partition coefficient (Wildman–Crippen LogP) is 8.86. The van der Waals surface area contributed by atoms with Gasteiger partial charge in [0.15, 0.2) is 0 Å². The minimum absolute atomic E-state index is 0.392. The smallest absolute Gasteiger partial charge is 0.117 e. The van der Waals surface area contributed by atoms with E-state index in [4.69, 9.17) is 0 Å². The van der Waals surface area contributed by atoms with E-state index in [-0.39, 0.29) is 0 Å². The highest BCUT2D eigenvalue weighted by Crippen LogP contribution is 2.66. The second-order valence-corrected chi connectivity index (χ2v) is 43.1. The van der Waals surface area contributed by atoms with Gasteiger partial charge in [0.25, 0.3) is 0 Å². The Morgan fingerprint density at radius 1 is 0.533 bits per heavy atom. The summed E-state index contributed by atoms with van der Waals surface area (Å²) in [6.07, 6.45) is 0. The summed E-state index contributed by atoms with van der Waals surface area (Å²) in [4.78, 5) is 0. The molecule has 0 aliphatic carbocycles. The van der Waals surface area contributed by atoms with Crippen molar-refractivity contribution in [3.05, 3.63) is 35.9 Å². The predicted molar refractivity (Wildman–Crippen MR) is 157 cm³/mol. The molecule has 30 heavy (non-hydrogen) atoms. The Bertz CT molecular complexity index is 619. The van der Waals surface area contributed by atoms with Gasteiger partial charge in [0, 0.05) is 13.5 Å². The Kier molecular flexibility index (Phi) is 9.07. The molecule has 0 N–H and O–H groups in total. The van der Waals surface area contributed by atoms with Crippen LogP contribution in [-0.2, 0) is 0 Å². The highest BCUT2D eigenvalue weighted by atomic mass is 31.1. The summed E-state index contributed by atoms with van der Waals surface area (Å²) >= 11 is 0. The molecule has 1 aromatic rings. The highest BCUT2D eigenvalue weighted by Gasteiger charge is 2.53. The quantitative estimate of drug-likeness (QED) is 0.240. The van der Waals surface area contributed by atoms with Gasteiger partial charge < -0.3 is 8.00 Å². The Labute approximate surface area is 196 Å². The Morgan fingerprint density at radius 2 is 0.833 bits per heavy atom. The van der Waals surface area contributed by atoms with Gasteiger partial charge in [-0.3, -0.25) is 0 Å². The van der Waals surface area contributed by atoms with Crippen LogP contribution in [0.25, 0.3) is 0 Å². The SMILES string of the molecule is C[Si](C)(C)C(c1ccccc1)P(N([Si](C)(C)C)[Si](C)(C)C)N([Si](C)(C)C)[Si](C)(C)C. The first-order valence-electron chi connectivity index (χ1n) is 11.5. The Morgan fingerprint density at radius 3 is 1.07 bits per heavy atom. The second kappa shape index (κ2) is 9.49. The van der Waals surface area contributed by atoms with E-state index in [0.29, 0.717) is 5.28 Å².